The summed E-state index contributed by atoms with van der Waals surface area (Å²) < 4.78 is 0. The van der Waals surface area contributed by atoms with Crippen molar-refractivity contribution < 1.29 is 19.2 Å². The maximum Gasteiger partial charge on any atom is 0.243 e. The predicted molar refractivity (Wildman–Crippen MR) is 160 cm³/mol. The van der Waals surface area contributed by atoms with Gasteiger partial charge in [0.05, 0.1) is 6.54 Å². The minimum absolute atomic E-state index is 0.0840. The molecule has 2 unspecified atom stereocenters. The third-order valence-corrected chi connectivity index (χ3v) is 4.64. The van der Waals surface area contributed by atoms with Gasteiger partial charge < -0.3 is 16.0 Å². The number of amides is 3. The Bertz CT molecular complexity index is 746. The lowest BCUT2D eigenvalue weighted by molar-refractivity contribution is -0.130. The van der Waals surface area contributed by atoms with Crippen LogP contribution in [0.2, 0.25) is 0 Å². The van der Waals surface area contributed by atoms with E-state index in [0.717, 1.165) is 5.92 Å². The molecule has 3 N–H and O–H groups in total. The summed E-state index contributed by atoms with van der Waals surface area (Å²) >= 11 is 0. The quantitative estimate of drug-likeness (QED) is 0.331. The molecule has 1 aromatic carbocycles. The zero-order valence-corrected chi connectivity index (χ0v) is 26.1. The fourth-order valence-electron chi connectivity index (χ4n) is 2.52. The lowest BCUT2D eigenvalue weighted by Gasteiger charge is -2.19. The van der Waals surface area contributed by atoms with Crippen molar-refractivity contribution >= 4 is 23.5 Å². The first-order valence-corrected chi connectivity index (χ1v) is 14.1. The molecule has 220 valence electrons. The van der Waals surface area contributed by atoms with Crippen molar-refractivity contribution in [3.05, 3.63) is 35.9 Å². The molecule has 7 heteroatoms. The van der Waals surface area contributed by atoms with E-state index in [1.807, 2.05) is 39.0 Å². The van der Waals surface area contributed by atoms with Crippen molar-refractivity contribution in [3.63, 3.8) is 0 Å². The summed E-state index contributed by atoms with van der Waals surface area (Å²) in [5.74, 6) is 0.181. The second kappa shape index (κ2) is 25.9. The molecule has 3 amide bonds. The number of aryl methyl sites for hydroxylation is 1. The van der Waals surface area contributed by atoms with Crippen LogP contribution < -0.4 is 16.0 Å². The molecule has 0 radical (unpaired) electrons. The molecule has 2 atom stereocenters. The van der Waals surface area contributed by atoms with Gasteiger partial charge in [0.1, 0.15) is 11.8 Å². The van der Waals surface area contributed by atoms with Crippen LogP contribution in [-0.2, 0) is 19.2 Å². The summed E-state index contributed by atoms with van der Waals surface area (Å²) in [6.07, 6.45) is 2.63. The first-order chi connectivity index (χ1) is 17.7. The SMILES string of the molecule is CC(C)C.CCC.CCC(=O)NC(CC(C)C)C(=O)NCC(=O)NCCC(C)C(C)=O.Cc1ccccc1. The van der Waals surface area contributed by atoms with Crippen LogP contribution in [0.25, 0.3) is 0 Å². The number of rotatable bonds is 11. The van der Waals surface area contributed by atoms with Crippen molar-refractivity contribution in [1.82, 2.24) is 16.0 Å². The lowest BCUT2D eigenvalue weighted by Crippen LogP contribution is -2.49. The van der Waals surface area contributed by atoms with Crippen molar-refractivity contribution in [2.75, 3.05) is 13.1 Å². The van der Waals surface area contributed by atoms with Gasteiger partial charge in [0.15, 0.2) is 0 Å². The van der Waals surface area contributed by atoms with Crippen LogP contribution in [0.1, 0.15) is 100 Å². The number of hydrogen-bond donors (Lipinski definition) is 3. The molecule has 0 aromatic heterocycles. The molecule has 0 heterocycles. The third kappa shape index (κ3) is 29.5. The number of nitrogens with one attached hydrogen (secondary N) is 3. The number of hydrogen-bond acceptors (Lipinski definition) is 4. The predicted octanol–water partition coefficient (Wildman–Crippen LogP) is 5.85. The zero-order chi connectivity index (χ0) is 30.1. The zero-order valence-electron chi connectivity index (χ0n) is 26.1. The van der Waals surface area contributed by atoms with Crippen LogP contribution >= 0.6 is 0 Å². The minimum Gasteiger partial charge on any atom is -0.355 e. The van der Waals surface area contributed by atoms with E-state index in [9.17, 15) is 19.2 Å². The van der Waals surface area contributed by atoms with E-state index in [4.69, 9.17) is 0 Å². The maximum absolute atomic E-state index is 12.2. The molecular formula is C31H57N3O4. The van der Waals surface area contributed by atoms with Crippen molar-refractivity contribution in [2.45, 2.75) is 108 Å². The minimum atomic E-state index is -0.636. The Morgan fingerprint density at radius 2 is 1.32 bits per heavy atom. The van der Waals surface area contributed by atoms with E-state index in [-0.39, 0.29) is 41.9 Å². The van der Waals surface area contributed by atoms with E-state index < -0.39 is 6.04 Å². The molecule has 0 saturated heterocycles. The Labute approximate surface area is 233 Å². The first-order valence-electron chi connectivity index (χ1n) is 14.1. The Morgan fingerprint density at radius 1 is 0.816 bits per heavy atom. The van der Waals surface area contributed by atoms with Gasteiger partial charge in [-0.2, -0.15) is 0 Å². The lowest BCUT2D eigenvalue weighted by atomic mass is 10.0. The monoisotopic (exact) mass is 535 g/mol. The van der Waals surface area contributed by atoms with Gasteiger partial charge in [-0.15, -0.1) is 0 Å². The standard InChI is InChI=1S/C17H31N3O4.C7H8.C4H10.C3H8/c1-6-15(22)20-14(9-11(2)3)17(24)19-10-16(23)18-8-7-12(4)13(5)21;1-7-5-3-2-4-6-7;1-4(2)3;1-3-2/h11-12,14H,6-10H2,1-5H3,(H,18,23)(H,19,24)(H,20,22);2-6H,1H3;4H,1-3H3;3H2,1-2H3. The van der Waals surface area contributed by atoms with Gasteiger partial charge in [-0.1, -0.05) is 105 Å². The van der Waals surface area contributed by atoms with Crippen molar-refractivity contribution in [2.24, 2.45) is 17.8 Å². The summed E-state index contributed by atoms with van der Waals surface area (Å²) in [6.45, 7) is 22.0. The van der Waals surface area contributed by atoms with Crippen LogP contribution in [0.4, 0.5) is 0 Å². The molecule has 0 bridgehead atoms. The third-order valence-electron chi connectivity index (χ3n) is 4.64. The van der Waals surface area contributed by atoms with E-state index in [1.54, 1.807) is 6.92 Å². The summed E-state index contributed by atoms with van der Waals surface area (Å²) in [4.78, 5) is 46.5. The van der Waals surface area contributed by atoms with Crippen LogP contribution in [0, 0.1) is 24.7 Å². The molecule has 38 heavy (non-hydrogen) atoms. The largest absolute Gasteiger partial charge is 0.355 e. The molecule has 0 fully saturated rings. The van der Waals surface area contributed by atoms with Gasteiger partial charge in [-0.3, -0.25) is 19.2 Å². The van der Waals surface area contributed by atoms with Gasteiger partial charge in [0.25, 0.3) is 0 Å². The summed E-state index contributed by atoms with van der Waals surface area (Å²) in [7, 11) is 0. The summed E-state index contributed by atoms with van der Waals surface area (Å²) in [5, 5.41) is 7.88. The number of carbonyl (C=O) groups excluding carboxylic acids is 4. The van der Waals surface area contributed by atoms with Gasteiger partial charge in [-0.05, 0) is 38.5 Å². The Kier molecular flexibility index (Phi) is 27.2. The second-order valence-corrected chi connectivity index (χ2v) is 10.6. The average molecular weight is 536 g/mol. The van der Waals surface area contributed by atoms with Gasteiger partial charge >= 0.3 is 0 Å². The molecule has 0 aliphatic rings. The highest BCUT2D eigenvalue weighted by atomic mass is 16.2. The summed E-state index contributed by atoms with van der Waals surface area (Å²) in [5.41, 5.74) is 1.32. The number of carbonyl (C=O) groups is 4. The summed E-state index contributed by atoms with van der Waals surface area (Å²) in [6, 6.07) is 9.63. The number of benzene rings is 1. The molecule has 1 rings (SSSR count). The number of Topliss-reactive ketones (excluding diaryl/α,β-unsaturated/α-hetero) is 1. The molecule has 0 aliphatic carbocycles. The Balaban J connectivity index is -0.000000705. The van der Waals surface area contributed by atoms with E-state index >= 15 is 0 Å². The fourth-order valence-corrected chi connectivity index (χ4v) is 2.52. The maximum atomic E-state index is 12.2. The van der Waals surface area contributed by atoms with Gasteiger partial charge in [-0.25, -0.2) is 0 Å². The first kappa shape index (κ1) is 39.8. The van der Waals surface area contributed by atoms with Crippen molar-refractivity contribution in [1.29, 1.82) is 0 Å². The molecule has 7 nitrogen and oxygen atoms in total. The molecular weight excluding hydrogens is 478 g/mol. The second-order valence-electron chi connectivity index (χ2n) is 10.6. The van der Waals surface area contributed by atoms with Crippen LogP contribution in [-0.4, -0.2) is 42.6 Å². The molecule has 0 saturated carbocycles. The van der Waals surface area contributed by atoms with E-state index in [2.05, 4.69) is 69.6 Å². The molecule has 1 aromatic rings. The number of ketones is 1. The van der Waals surface area contributed by atoms with Gasteiger partial charge in [0, 0.05) is 18.9 Å². The highest BCUT2D eigenvalue weighted by Gasteiger charge is 2.21. The van der Waals surface area contributed by atoms with Crippen LogP contribution in [0.3, 0.4) is 0 Å². The average Bonchev–Trinajstić information content (AvgIpc) is 2.82. The highest BCUT2D eigenvalue weighted by Crippen LogP contribution is 2.05. The van der Waals surface area contributed by atoms with Crippen molar-refractivity contribution in [3.8, 4) is 0 Å². The van der Waals surface area contributed by atoms with E-state index in [0.29, 0.717) is 25.8 Å². The topological polar surface area (TPSA) is 104 Å². The molecule has 0 aliphatic heterocycles. The van der Waals surface area contributed by atoms with Crippen LogP contribution in [0.15, 0.2) is 30.3 Å². The molecule has 0 spiro atoms. The smallest absolute Gasteiger partial charge is 0.243 e. The van der Waals surface area contributed by atoms with E-state index in [1.165, 1.54) is 18.9 Å². The van der Waals surface area contributed by atoms with Gasteiger partial charge in [0.2, 0.25) is 17.7 Å². The highest BCUT2D eigenvalue weighted by molar-refractivity contribution is 5.90. The Morgan fingerprint density at radius 3 is 1.68 bits per heavy atom. The van der Waals surface area contributed by atoms with Crippen LogP contribution in [0.5, 0.6) is 0 Å². The fraction of sp³-hybridized carbons (Fsp3) is 0.677. The normalized spacial score (nSPS) is 11.3. The Hall–Kier alpha value is -2.70.